The highest BCUT2D eigenvalue weighted by Gasteiger charge is 2.43. The molecule has 0 aliphatic carbocycles. The number of rotatable bonds is 18. The minimum absolute atomic E-state index is 0.00661. The summed E-state index contributed by atoms with van der Waals surface area (Å²) in [7, 11) is -2.35. The van der Waals surface area contributed by atoms with Gasteiger partial charge in [-0.1, -0.05) is 69.6 Å². The SMILES string of the molecule is C[Si](C)(C)CCOCOC[C@@H](CCO)[C@H]1[C@@H](OCOCC[Si](C)(C)C)CCN1C(=O)OCc1ccccc1. The Bertz CT molecular complexity index is 786. The summed E-state index contributed by atoms with van der Waals surface area (Å²) < 4.78 is 29.2. The van der Waals surface area contributed by atoms with E-state index in [4.69, 9.17) is 23.7 Å². The molecule has 38 heavy (non-hydrogen) atoms. The Balaban J connectivity index is 1.99. The molecule has 0 radical (unpaired) electrons. The molecule has 1 aliphatic heterocycles. The molecule has 218 valence electrons. The summed E-state index contributed by atoms with van der Waals surface area (Å²) in [5.41, 5.74) is 0.936. The van der Waals surface area contributed by atoms with Gasteiger partial charge in [-0.15, -0.1) is 0 Å². The standard InChI is InChI=1S/C28H51NO7Si2/c1-37(2,3)18-16-32-22-34-21-25(13-15-30)27-26(36-23-33-17-19-38(4,5)6)12-14-29(27)28(31)35-20-24-10-8-7-9-11-24/h7-11,25-27,30H,12-23H2,1-6H3/t25-,26+,27+/m1/s1. The molecular weight excluding hydrogens is 518 g/mol. The molecule has 3 atom stereocenters. The van der Waals surface area contributed by atoms with E-state index in [-0.39, 0.29) is 51.0 Å². The molecule has 2 rings (SSSR count). The number of amides is 1. The normalized spacial score (nSPS) is 19.1. The molecule has 1 aromatic rings. The lowest BCUT2D eigenvalue weighted by atomic mass is 9.93. The van der Waals surface area contributed by atoms with E-state index in [0.717, 1.165) is 17.7 Å². The van der Waals surface area contributed by atoms with Gasteiger partial charge in [-0.25, -0.2) is 4.79 Å². The van der Waals surface area contributed by atoms with Gasteiger partial charge in [0.05, 0.1) is 18.8 Å². The number of likely N-dealkylation sites (tertiary alicyclic amines) is 1. The second-order valence-electron chi connectivity index (χ2n) is 12.5. The summed E-state index contributed by atoms with van der Waals surface area (Å²) in [5.74, 6) is -0.126. The van der Waals surface area contributed by atoms with E-state index in [9.17, 15) is 9.90 Å². The highest BCUT2D eigenvalue weighted by atomic mass is 28.3. The molecule has 1 aromatic carbocycles. The van der Waals surface area contributed by atoms with Gasteiger partial charge in [0, 0.05) is 48.4 Å². The van der Waals surface area contributed by atoms with E-state index >= 15 is 0 Å². The summed E-state index contributed by atoms with van der Waals surface area (Å²) in [5, 5.41) is 9.83. The van der Waals surface area contributed by atoms with Gasteiger partial charge in [-0.05, 0) is 30.5 Å². The van der Waals surface area contributed by atoms with Gasteiger partial charge in [0.2, 0.25) is 0 Å². The zero-order valence-corrected chi connectivity index (χ0v) is 26.4. The average molecular weight is 570 g/mol. The first-order valence-corrected chi connectivity index (χ1v) is 21.3. The highest BCUT2D eigenvalue weighted by molar-refractivity contribution is 6.76. The molecule has 0 saturated carbocycles. The number of aliphatic hydroxyl groups is 1. The third-order valence-corrected chi connectivity index (χ3v) is 10.1. The Morgan fingerprint density at radius 2 is 1.61 bits per heavy atom. The second-order valence-corrected chi connectivity index (χ2v) is 23.8. The number of hydrogen-bond acceptors (Lipinski definition) is 7. The van der Waals surface area contributed by atoms with Gasteiger partial charge in [0.25, 0.3) is 0 Å². The van der Waals surface area contributed by atoms with Crippen molar-refractivity contribution in [3.63, 3.8) is 0 Å². The maximum atomic E-state index is 13.2. The molecule has 0 aromatic heterocycles. The fourth-order valence-corrected chi connectivity index (χ4v) is 5.84. The molecule has 8 nitrogen and oxygen atoms in total. The molecule has 1 heterocycles. The lowest BCUT2D eigenvalue weighted by Gasteiger charge is -2.34. The van der Waals surface area contributed by atoms with Crippen LogP contribution >= 0.6 is 0 Å². The number of benzene rings is 1. The van der Waals surface area contributed by atoms with Crippen molar-refractivity contribution in [1.29, 1.82) is 0 Å². The Hall–Kier alpha value is -1.28. The van der Waals surface area contributed by atoms with Gasteiger partial charge in [-0.2, -0.15) is 0 Å². The van der Waals surface area contributed by atoms with Crippen molar-refractivity contribution in [2.24, 2.45) is 5.92 Å². The van der Waals surface area contributed by atoms with E-state index in [1.54, 1.807) is 4.90 Å². The predicted octanol–water partition coefficient (Wildman–Crippen LogP) is 5.42. The van der Waals surface area contributed by atoms with Crippen LogP contribution in [-0.4, -0.2) is 91.0 Å². The molecule has 0 bridgehead atoms. The van der Waals surface area contributed by atoms with Crippen molar-refractivity contribution in [2.45, 2.75) is 83.0 Å². The molecule has 1 fully saturated rings. The van der Waals surface area contributed by atoms with Gasteiger partial charge in [-0.3, -0.25) is 0 Å². The second kappa shape index (κ2) is 16.7. The van der Waals surface area contributed by atoms with Crippen molar-refractivity contribution in [3.8, 4) is 0 Å². The van der Waals surface area contributed by atoms with Crippen LogP contribution in [0.5, 0.6) is 0 Å². The minimum atomic E-state index is -1.18. The topological polar surface area (TPSA) is 86.7 Å². The molecule has 1 N–H and O–H groups in total. The summed E-state index contributed by atoms with van der Waals surface area (Å²) in [6, 6.07) is 11.5. The zero-order chi connectivity index (χ0) is 28.0. The first-order valence-electron chi connectivity index (χ1n) is 13.9. The number of hydrogen-bond donors (Lipinski definition) is 1. The van der Waals surface area contributed by atoms with E-state index in [2.05, 4.69) is 39.3 Å². The average Bonchev–Trinajstić information content (AvgIpc) is 3.27. The number of nitrogens with zero attached hydrogens (tertiary/aromatic N) is 1. The first-order chi connectivity index (χ1) is 18.0. The van der Waals surface area contributed by atoms with Gasteiger partial charge >= 0.3 is 6.09 Å². The fraction of sp³-hybridized carbons (Fsp3) is 0.750. The van der Waals surface area contributed by atoms with Crippen LogP contribution in [-0.2, 0) is 30.3 Å². The summed E-state index contributed by atoms with van der Waals surface area (Å²) in [4.78, 5) is 14.9. The number of carbonyl (C=O) groups is 1. The molecule has 1 amide bonds. The maximum Gasteiger partial charge on any atom is 0.410 e. The van der Waals surface area contributed by atoms with Crippen molar-refractivity contribution in [2.75, 3.05) is 46.6 Å². The quantitative estimate of drug-likeness (QED) is 0.143. The predicted molar refractivity (Wildman–Crippen MR) is 156 cm³/mol. The monoisotopic (exact) mass is 569 g/mol. The lowest BCUT2D eigenvalue weighted by Crippen LogP contribution is -2.47. The minimum Gasteiger partial charge on any atom is -0.445 e. The number of ether oxygens (including phenoxy) is 5. The van der Waals surface area contributed by atoms with Crippen LogP contribution in [0.4, 0.5) is 4.79 Å². The van der Waals surface area contributed by atoms with Crippen LogP contribution in [0, 0.1) is 5.92 Å². The lowest BCUT2D eigenvalue weighted by molar-refractivity contribution is -0.113. The summed E-state index contributed by atoms with van der Waals surface area (Å²) in [6.07, 6.45) is 0.563. The Morgan fingerprint density at radius 3 is 2.21 bits per heavy atom. The zero-order valence-electron chi connectivity index (χ0n) is 24.4. The van der Waals surface area contributed by atoms with Crippen LogP contribution in [0.1, 0.15) is 18.4 Å². The van der Waals surface area contributed by atoms with E-state index in [0.29, 0.717) is 39.2 Å². The molecule has 0 spiro atoms. The fourth-order valence-electron chi connectivity index (χ4n) is 4.33. The van der Waals surface area contributed by atoms with Crippen LogP contribution < -0.4 is 0 Å². The van der Waals surface area contributed by atoms with E-state index in [1.807, 2.05) is 30.3 Å². The molecular formula is C28H51NO7Si2. The summed E-state index contributed by atoms with van der Waals surface area (Å²) >= 11 is 0. The van der Waals surface area contributed by atoms with Crippen LogP contribution in [0.25, 0.3) is 0 Å². The molecule has 1 saturated heterocycles. The maximum absolute atomic E-state index is 13.2. The largest absolute Gasteiger partial charge is 0.445 e. The molecule has 0 unspecified atom stereocenters. The number of carbonyl (C=O) groups excluding carboxylic acids is 1. The van der Waals surface area contributed by atoms with Crippen LogP contribution in [0.3, 0.4) is 0 Å². The first kappa shape index (κ1) is 32.9. The van der Waals surface area contributed by atoms with Crippen LogP contribution in [0.2, 0.25) is 51.4 Å². The Morgan fingerprint density at radius 1 is 0.974 bits per heavy atom. The van der Waals surface area contributed by atoms with E-state index < -0.39 is 16.1 Å². The van der Waals surface area contributed by atoms with Crippen LogP contribution in [0.15, 0.2) is 30.3 Å². The van der Waals surface area contributed by atoms with E-state index in [1.165, 1.54) is 0 Å². The summed E-state index contributed by atoms with van der Waals surface area (Å²) in [6.45, 7) is 16.7. The van der Waals surface area contributed by atoms with Gasteiger partial charge in [0.15, 0.2) is 0 Å². The highest BCUT2D eigenvalue weighted by Crippen LogP contribution is 2.30. The van der Waals surface area contributed by atoms with Crippen molar-refractivity contribution in [1.82, 2.24) is 4.90 Å². The third kappa shape index (κ3) is 13.2. The Labute approximate surface area is 231 Å². The molecule has 1 aliphatic rings. The smallest absolute Gasteiger partial charge is 0.410 e. The third-order valence-electron chi connectivity index (χ3n) is 6.67. The molecule has 10 heteroatoms. The Kier molecular flexibility index (Phi) is 14.5. The number of aliphatic hydroxyl groups excluding tert-OH is 1. The van der Waals surface area contributed by atoms with Crippen molar-refractivity contribution < 1.29 is 33.6 Å². The van der Waals surface area contributed by atoms with Gasteiger partial charge in [0.1, 0.15) is 20.2 Å². The van der Waals surface area contributed by atoms with Crippen molar-refractivity contribution in [3.05, 3.63) is 35.9 Å². The van der Waals surface area contributed by atoms with Crippen molar-refractivity contribution >= 4 is 22.2 Å². The van der Waals surface area contributed by atoms with Gasteiger partial charge < -0.3 is 33.7 Å².